The first kappa shape index (κ1) is 13.9. The molecule has 0 bridgehead atoms. The van der Waals surface area contributed by atoms with Crippen LogP contribution in [-0.4, -0.2) is 16.6 Å². The largest absolute Gasteiger partial charge is 0.295 e. The van der Waals surface area contributed by atoms with E-state index in [1.165, 1.54) is 12.1 Å². The first-order valence-electron chi connectivity index (χ1n) is 6.06. The van der Waals surface area contributed by atoms with Crippen molar-refractivity contribution in [2.75, 3.05) is 5.75 Å². The van der Waals surface area contributed by atoms with Crippen LogP contribution in [0, 0.1) is 5.82 Å². The maximum absolute atomic E-state index is 13.0. The lowest BCUT2D eigenvalue weighted by molar-refractivity contribution is -0.126. The predicted octanol–water partition coefficient (Wildman–Crippen LogP) is 3.88. The Bertz CT molecular complexity index is 536. The molecule has 1 saturated heterocycles. The summed E-state index contributed by atoms with van der Waals surface area (Å²) < 4.78 is 13.0. The van der Waals surface area contributed by atoms with Crippen LogP contribution >= 0.6 is 11.8 Å². The average molecular weight is 277 g/mol. The van der Waals surface area contributed by atoms with Gasteiger partial charge in [0.15, 0.2) is 0 Å². The van der Waals surface area contributed by atoms with E-state index in [0.29, 0.717) is 5.75 Å². The lowest BCUT2D eigenvalue weighted by Crippen LogP contribution is -2.28. The maximum Gasteiger partial charge on any atom is 0.238 e. The number of amides is 1. The van der Waals surface area contributed by atoms with Gasteiger partial charge in [0.1, 0.15) is 11.2 Å². The Morgan fingerprint density at radius 1 is 1.47 bits per heavy atom. The van der Waals surface area contributed by atoms with Gasteiger partial charge < -0.3 is 0 Å². The molecule has 100 valence electrons. The summed E-state index contributed by atoms with van der Waals surface area (Å²) in [6, 6.07) is 6.30. The lowest BCUT2D eigenvalue weighted by atomic mass is 10.1. The van der Waals surface area contributed by atoms with Crippen molar-refractivity contribution in [1.29, 1.82) is 0 Å². The lowest BCUT2D eigenvalue weighted by Gasteiger charge is -2.27. The van der Waals surface area contributed by atoms with Gasteiger partial charge in [-0.05, 0) is 37.1 Å². The third-order valence-electron chi connectivity index (χ3n) is 2.99. The quantitative estimate of drug-likeness (QED) is 0.781. The van der Waals surface area contributed by atoms with Crippen LogP contribution in [0.5, 0.6) is 0 Å². The first-order valence-corrected chi connectivity index (χ1v) is 7.10. The van der Waals surface area contributed by atoms with Gasteiger partial charge in [0.2, 0.25) is 5.91 Å². The molecule has 4 heteroatoms. The second-order valence-electron chi connectivity index (χ2n) is 4.43. The van der Waals surface area contributed by atoms with Crippen LogP contribution in [0.25, 0.3) is 0 Å². The zero-order chi connectivity index (χ0) is 14.0. The summed E-state index contributed by atoms with van der Waals surface area (Å²) in [6.45, 7) is 7.69. The normalized spacial score (nSPS) is 19.9. The molecule has 0 N–H and O–H groups in total. The van der Waals surface area contributed by atoms with Crippen molar-refractivity contribution in [3.8, 4) is 0 Å². The van der Waals surface area contributed by atoms with Gasteiger partial charge in [-0.15, -0.1) is 11.8 Å². The van der Waals surface area contributed by atoms with Crippen molar-refractivity contribution < 1.29 is 9.18 Å². The Labute approximate surface area is 117 Å². The van der Waals surface area contributed by atoms with E-state index in [2.05, 4.69) is 6.58 Å². The molecule has 1 unspecified atom stereocenters. The molecule has 0 radical (unpaired) electrons. The van der Waals surface area contributed by atoms with E-state index in [4.69, 9.17) is 0 Å². The minimum absolute atomic E-state index is 0.0652. The van der Waals surface area contributed by atoms with E-state index >= 15 is 0 Å². The van der Waals surface area contributed by atoms with Gasteiger partial charge in [0, 0.05) is 5.70 Å². The van der Waals surface area contributed by atoms with E-state index < -0.39 is 0 Å². The van der Waals surface area contributed by atoms with Crippen molar-refractivity contribution in [2.24, 2.45) is 0 Å². The summed E-state index contributed by atoms with van der Waals surface area (Å²) in [5, 5.41) is -0.101. The topological polar surface area (TPSA) is 20.3 Å². The van der Waals surface area contributed by atoms with Crippen LogP contribution in [0.2, 0.25) is 0 Å². The first-order chi connectivity index (χ1) is 9.04. The minimum atomic E-state index is -0.268. The van der Waals surface area contributed by atoms with Crippen molar-refractivity contribution in [1.82, 2.24) is 4.90 Å². The third-order valence-corrected chi connectivity index (χ3v) is 4.21. The van der Waals surface area contributed by atoms with Crippen LogP contribution in [0.3, 0.4) is 0 Å². The summed E-state index contributed by atoms with van der Waals surface area (Å²) in [6.07, 6.45) is 1.89. The summed E-state index contributed by atoms with van der Waals surface area (Å²) in [4.78, 5) is 13.8. The third kappa shape index (κ3) is 2.73. The van der Waals surface area contributed by atoms with Gasteiger partial charge in [-0.25, -0.2) is 4.39 Å². The number of hydrogen-bond donors (Lipinski definition) is 0. The molecule has 19 heavy (non-hydrogen) atoms. The molecular weight excluding hydrogens is 261 g/mol. The Balaban J connectivity index is 2.37. The zero-order valence-electron chi connectivity index (χ0n) is 11.0. The van der Waals surface area contributed by atoms with Crippen LogP contribution in [0.15, 0.2) is 48.2 Å². The summed E-state index contributed by atoms with van der Waals surface area (Å²) in [7, 11) is 0. The Morgan fingerprint density at radius 3 is 2.63 bits per heavy atom. The molecule has 0 saturated carbocycles. The number of allylic oxidation sites excluding steroid dienone is 2. The average Bonchev–Trinajstić information content (AvgIpc) is 2.74. The number of benzene rings is 1. The molecule has 0 aromatic heterocycles. The van der Waals surface area contributed by atoms with Gasteiger partial charge in [-0.1, -0.05) is 24.8 Å². The molecule has 0 spiro atoms. The Morgan fingerprint density at radius 2 is 2.11 bits per heavy atom. The Hall–Kier alpha value is -1.55. The Kier molecular flexibility index (Phi) is 4.10. The molecule has 0 aliphatic carbocycles. The molecule has 2 nitrogen and oxygen atoms in total. The SMILES string of the molecule is C=C(C)/C(=C\C)N1C(=O)CSC1c1ccc(F)cc1. The highest BCUT2D eigenvalue weighted by molar-refractivity contribution is 8.00. The molecule has 1 aliphatic heterocycles. The highest BCUT2D eigenvalue weighted by Crippen LogP contribution is 2.42. The summed E-state index contributed by atoms with van der Waals surface area (Å²) >= 11 is 1.55. The zero-order valence-corrected chi connectivity index (χ0v) is 11.8. The van der Waals surface area contributed by atoms with Crippen molar-refractivity contribution in [2.45, 2.75) is 19.2 Å². The molecule has 1 heterocycles. The van der Waals surface area contributed by atoms with Crippen LogP contribution < -0.4 is 0 Å². The second kappa shape index (κ2) is 5.61. The molecule has 1 atom stereocenters. The van der Waals surface area contributed by atoms with Gasteiger partial charge in [-0.3, -0.25) is 9.69 Å². The number of nitrogens with zero attached hydrogens (tertiary/aromatic N) is 1. The van der Waals surface area contributed by atoms with Crippen LogP contribution in [-0.2, 0) is 4.79 Å². The van der Waals surface area contributed by atoms with E-state index in [0.717, 1.165) is 16.8 Å². The van der Waals surface area contributed by atoms with Gasteiger partial charge in [0.05, 0.1) is 5.75 Å². The molecular formula is C15H16FNOS. The minimum Gasteiger partial charge on any atom is -0.295 e. The van der Waals surface area contributed by atoms with Crippen molar-refractivity contribution in [3.63, 3.8) is 0 Å². The molecule has 1 aromatic carbocycles. The monoisotopic (exact) mass is 277 g/mol. The fourth-order valence-electron chi connectivity index (χ4n) is 2.15. The number of thioether (sulfide) groups is 1. The van der Waals surface area contributed by atoms with Crippen molar-refractivity contribution >= 4 is 17.7 Å². The van der Waals surface area contributed by atoms with Gasteiger partial charge in [0.25, 0.3) is 0 Å². The number of carbonyl (C=O) groups is 1. The van der Waals surface area contributed by atoms with Gasteiger partial charge in [-0.2, -0.15) is 0 Å². The predicted molar refractivity (Wildman–Crippen MR) is 77.0 cm³/mol. The fraction of sp³-hybridized carbons (Fsp3) is 0.267. The van der Waals surface area contributed by atoms with Gasteiger partial charge >= 0.3 is 0 Å². The second-order valence-corrected chi connectivity index (χ2v) is 5.50. The van der Waals surface area contributed by atoms with Crippen LogP contribution in [0.4, 0.5) is 4.39 Å². The molecule has 1 aromatic rings. The number of rotatable bonds is 3. The number of hydrogen-bond acceptors (Lipinski definition) is 2. The molecule has 1 amide bonds. The van der Waals surface area contributed by atoms with Crippen molar-refractivity contribution in [3.05, 3.63) is 59.6 Å². The highest BCUT2D eigenvalue weighted by atomic mass is 32.2. The van der Waals surface area contributed by atoms with Crippen LogP contribution in [0.1, 0.15) is 24.8 Å². The fourth-order valence-corrected chi connectivity index (χ4v) is 3.32. The maximum atomic E-state index is 13.0. The summed E-state index contributed by atoms with van der Waals surface area (Å²) in [5.41, 5.74) is 2.62. The van der Waals surface area contributed by atoms with E-state index in [1.54, 1.807) is 28.8 Å². The summed E-state index contributed by atoms with van der Waals surface area (Å²) in [5.74, 6) is 0.235. The van der Waals surface area contributed by atoms with E-state index in [-0.39, 0.29) is 17.1 Å². The molecule has 1 aliphatic rings. The number of carbonyl (C=O) groups excluding carboxylic acids is 1. The van der Waals surface area contributed by atoms with E-state index in [9.17, 15) is 9.18 Å². The number of halogens is 1. The standard InChI is InChI=1S/C15H16FNOS/c1-4-13(10(2)3)17-14(18)9-19-15(17)11-5-7-12(16)8-6-11/h4-8,15H,2,9H2,1,3H3/b13-4+. The molecule has 1 fully saturated rings. The van der Waals surface area contributed by atoms with E-state index in [1.807, 2.05) is 19.9 Å². The molecule has 2 rings (SSSR count). The highest BCUT2D eigenvalue weighted by Gasteiger charge is 2.35. The smallest absolute Gasteiger partial charge is 0.238 e.